The average Bonchev–Trinajstić information content (AvgIpc) is 3.78. The summed E-state index contributed by atoms with van der Waals surface area (Å²) in [5.74, 6) is -4.09. The van der Waals surface area contributed by atoms with Gasteiger partial charge < -0.3 is 28.4 Å². The van der Waals surface area contributed by atoms with E-state index in [2.05, 4.69) is 24.3 Å². The van der Waals surface area contributed by atoms with Crippen LogP contribution in [-0.4, -0.2) is 62.0 Å². The number of carbonyl (C=O) groups is 4. The molecule has 2 aromatic rings. The van der Waals surface area contributed by atoms with E-state index in [-0.39, 0.29) is 6.61 Å². The molecule has 0 amide bonds. The van der Waals surface area contributed by atoms with E-state index in [1.54, 1.807) is 18.2 Å². The van der Waals surface area contributed by atoms with Crippen LogP contribution in [0.15, 0.2) is 42.5 Å². The number of carbonyl (C=O) groups excluding carboxylic acids is 4. The third kappa shape index (κ3) is 7.99. The number of ether oxygens (including phenoxy) is 6. The number of methoxy groups -OCH3 is 1. The van der Waals surface area contributed by atoms with Crippen LogP contribution in [0.3, 0.4) is 0 Å². The molecular weight excluding hydrogens is 628 g/mol. The number of rotatable bonds is 10. The molecule has 0 N–H and O–H groups in total. The second-order valence-corrected chi connectivity index (χ2v) is 13.4. The van der Waals surface area contributed by atoms with Crippen molar-refractivity contribution in [3.8, 4) is 0 Å². The fourth-order valence-electron chi connectivity index (χ4n) is 7.08. The summed E-state index contributed by atoms with van der Waals surface area (Å²) in [6.07, 6.45) is 3.05. The van der Waals surface area contributed by atoms with Crippen molar-refractivity contribution in [1.29, 1.82) is 0 Å². The molecule has 47 heavy (non-hydrogen) atoms. The van der Waals surface area contributed by atoms with Gasteiger partial charge in [0.05, 0.1) is 0 Å². The quantitative estimate of drug-likeness (QED) is 0.222. The molecule has 3 fully saturated rings. The molecule has 0 radical (unpaired) electrons. The van der Waals surface area contributed by atoms with Crippen molar-refractivity contribution < 1.29 is 47.6 Å². The zero-order valence-electron chi connectivity index (χ0n) is 27.5. The summed E-state index contributed by atoms with van der Waals surface area (Å²) in [4.78, 5) is 48.8. The van der Waals surface area contributed by atoms with Gasteiger partial charge in [0.1, 0.15) is 12.7 Å². The molecule has 2 saturated carbocycles. The van der Waals surface area contributed by atoms with Crippen LogP contribution in [0.1, 0.15) is 94.4 Å². The summed E-state index contributed by atoms with van der Waals surface area (Å²) in [7, 11) is 1.35. The zero-order chi connectivity index (χ0) is 33.9. The lowest BCUT2D eigenvalue weighted by Crippen LogP contribution is -2.67. The maximum absolute atomic E-state index is 12.5. The normalized spacial score (nSPS) is 26.7. The first-order valence-corrected chi connectivity index (χ1v) is 16.5. The van der Waals surface area contributed by atoms with Gasteiger partial charge in [-0.15, -0.1) is 0 Å². The number of halogens is 1. The fraction of sp³-hybridized carbons (Fsp3) is 0.556. The van der Waals surface area contributed by atoms with Crippen molar-refractivity contribution >= 4 is 35.5 Å². The number of hydrogen-bond acceptors (Lipinski definition) is 10. The van der Waals surface area contributed by atoms with Gasteiger partial charge in [0, 0.05) is 45.4 Å². The second kappa shape index (κ2) is 14.3. The highest BCUT2D eigenvalue weighted by molar-refractivity contribution is 6.31. The number of esters is 4. The van der Waals surface area contributed by atoms with Gasteiger partial charge in [0.15, 0.2) is 12.2 Å². The van der Waals surface area contributed by atoms with Crippen LogP contribution in [0.25, 0.3) is 0 Å². The topological polar surface area (TPSA) is 124 Å². The van der Waals surface area contributed by atoms with E-state index in [0.29, 0.717) is 28.3 Å². The van der Waals surface area contributed by atoms with Gasteiger partial charge in [-0.1, -0.05) is 41.9 Å². The molecule has 1 heterocycles. The third-order valence-electron chi connectivity index (χ3n) is 9.64. The standard InChI is InChI=1S/C36H43ClO10/c1-21(38)43-20-31-32(44-22(2)39)33(45-23(3)40)34(46-24(4)41)36(42-5,47-31)29-10-11-30(37)28(19-29)18-25-6-8-26(9-7-25)27-12-14-35(15-13-27)16-17-35/h6-11,19,27,31-34H,12-18,20H2,1-5H3/t31-,32-,33+,34-,36?/m1/s1. The Morgan fingerprint density at radius 2 is 1.43 bits per heavy atom. The molecule has 254 valence electrons. The molecule has 10 nitrogen and oxygen atoms in total. The molecule has 3 aliphatic rings. The van der Waals surface area contributed by atoms with Gasteiger partial charge >= 0.3 is 23.9 Å². The van der Waals surface area contributed by atoms with Gasteiger partial charge in [-0.05, 0) is 85.1 Å². The van der Waals surface area contributed by atoms with E-state index < -0.39 is 54.1 Å². The molecule has 1 saturated heterocycles. The SMILES string of the molecule is COC1(c2ccc(Cl)c(Cc3ccc(C4CCC5(CC4)CC5)cc3)c2)O[C@H](COC(C)=O)[C@@H](OC(C)=O)[C@H](OC(C)=O)[C@H]1OC(C)=O. The summed E-state index contributed by atoms with van der Waals surface area (Å²) in [6, 6.07) is 13.8. The Morgan fingerprint density at radius 3 is 1.98 bits per heavy atom. The predicted octanol–water partition coefficient (Wildman–Crippen LogP) is 5.92. The molecule has 2 aliphatic carbocycles. The van der Waals surface area contributed by atoms with E-state index in [9.17, 15) is 19.2 Å². The highest BCUT2D eigenvalue weighted by atomic mass is 35.5. The van der Waals surface area contributed by atoms with Gasteiger partial charge in [0.2, 0.25) is 11.9 Å². The van der Waals surface area contributed by atoms with Crippen LogP contribution < -0.4 is 0 Å². The Kier molecular flexibility index (Phi) is 10.6. The van der Waals surface area contributed by atoms with E-state index in [4.69, 9.17) is 40.0 Å². The molecule has 5 rings (SSSR count). The summed E-state index contributed by atoms with van der Waals surface area (Å²) in [5.41, 5.74) is 4.20. The average molecular weight is 671 g/mol. The largest absolute Gasteiger partial charge is 0.463 e. The van der Waals surface area contributed by atoms with Crippen LogP contribution in [0, 0.1) is 5.41 Å². The van der Waals surface area contributed by atoms with Crippen LogP contribution in [0.4, 0.5) is 0 Å². The number of hydrogen-bond donors (Lipinski definition) is 0. The van der Waals surface area contributed by atoms with Crippen LogP contribution in [-0.2, 0) is 59.8 Å². The fourth-order valence-corrected chi connectivity index (χ4v) is 7.26. The van der Waals surface area contributed by atoms with Crippen molar-refractivity contribution in [3.63, 3.8) is 0 Å². The lowest BCUT2D eigenvalue weighted by molar-refractivity contribution is -0.367. The highest BCUT2D eigenvalue weighted by Gasteiger charge is 2.61. The zero-order valence-corrected chi connectivity index (χ0v) is 28.3. The molecule has 11 heteroatoms. The van der Waals surface area contributed by atoms with E-state index in [1.807, 2.05) is 0 Å². The minimum absolute atomic E-state index is 0.377. The lowest BCUT2D eigenvalue weighted by Gasteiger charge is -2.50. The monoisotopic (exact) mass is 670 g/mol. The summed E-state index contributed by atoms with van der Waals surface area (Å²) >= 11 is 6.72. The first kappa shape index (κ1) is 34.9. The summed E-state index contributed by atoms with van der Waals surface area (Å²) < 4.78 is 34.6. The van der Waals surface area contributed by atoms with E-state index in [1.165, 1.54) is 78.9 Å². The van der Waals surface area contributed by atoms with Gasteiger partial charge in [-0.2, -0.15) is 0 Å². The van der Waals surface area contributed by atoms with Crippen LogP contribution in [0.2, 0.25) is 5.02 Å². The van der Waals surface area contributed by atoms with Crippen molar-refractivity contribution in [3.05, 3.63) is 69.7 Å². The highest BCUT2D eigenvalue weighted by Crippen LogP contribution is 2.58. The van der Waals surface area contributed by atoms with Gasteiger partial charge in [-0.3, -0.25) is 19.2 Å². The first-order chi connectivity index (χ1) is 22.3. The van der Waals surface area contributed by atoms with Crippen molar-refractivity contribution in [2.24, 2.45) is 5.41 Å². The Morgan fingerprint density at radius 1 is 0.809 bits per heavy atom. The minimum Gasteiger partial charge on any atom is -0.463 e. The Balaban J connectivity index is 1.48. The second-order valence-electron chi connectivity index (χ2n) is 13.0. The maximum atomic E-state index is 12.5. The first-order valence-electron chi connectivity index (χ1n) is 16.1. The van der Waals surface area contributed by atoms with E-state index in [0.717, 1.165) is 11.1 Å². The molecule has 2 aromatic carbocycles. The molecule has 5 atom stereocenters. The number of benzene rings is 2. The van der Waals surface area contributed by atoms with Gasteiger partial charge in [-0.25, -0.2) is 0 Å². The minimum atomic E-state index is -1.89. The Labute approximate surface area is 280 Å². The molecular formula is C36H43ClO10. The van der Waals surface area contributed by atoms with Crippen LogP contribution in [0.5, 0.6) is 0 Å². The summed E-state index contributed by atoms with van der Waals surface area (Å²) in [6.45, 7) is 4.37. The predicted molar refractivity (Wildman–Crippen MR) is 170 cm³/mol. The molecule has 1 spiro atoms. The summed E-state index contributed by atoms with van der Waals surface area (Å²) in [5, 5.41) is 0.497. The smallest absolute Gasteiger partial charge is 0.303 e. The molecule has 1 aliphatic heterocycles. The molecule has 1 unspecified atom stereocenters. The van der Waals surface area contributed by atoms with Crippen molar-refractivity contribution in [1.82, 2.24) is 0 Å². The van der Waals surface area contributed by atoms with Gasteiger partial charge in [0.25, 0.3) is 0 Å². The van der Waals surface area contributed by atoms with Crippen molar-refractivity contribution in [2.75, 3.05) is 13.7 Å². The lowest BCUT2D eigenvalue weighted by atomic mass is 9.77. The third-order valence-corrected chi connectivity index (χ3v) is 10.0. The van der Waals surface area contributed by atoms with Crippen LogP contribution >= 0.6 is 11.6 Å². The molecule has 0 bridgehead atoms. The Hall–Kier alpha value is -3.47. The maximum Gasteiger partial charge on any atom is 0.303 e. The van der Waals surface area contributed by atoms with Crippen molar-refractivity contribution in [2.45, 2.75) is 109 Å². The molecule has 0 aromatic heterocycles. The Bertz CT molecular complexity index is 1480. The van der Waals surface area contributed by atoms with E-state index >= 15 is 0 Å².